The lowest BCUT2D eigenvalue weighted by molar-refractivity contribution is 0.0783. The van der Waals surface area contributed by atoms with Crippen LogP contribution in [0.5, 0.6) is 0 Å². The number of para-hydroxylation sites is 1. The first-order valence-corrected chi connectivity index (χ1v) is 6.22. The van der Waals surface area contributed by atoms with E-state index in [1.165, 1.54) is 0 Å². The molecule has 1 aromatic carbocycles. The van der Waals surface area contributed by atoms with Crippen molar-refractivity contribution in [3.63, 3.8) is 0 Å². The zero-order valence-corrected chi connectivity index (χ0v) is 11.3. The summed E-state index contributed by atoms with van der Waals surface area (Å²) in [5.41, 5.74) is 7.06. The van der Waals surface area contributed by atoms with Crippen LogP contribution in [-0.4, -0.2) is 40.6 Å². The second kappa shape index (κ2) is 5.59. The molecule has 3 N–H and O–H groups in total. The number of hydrogen-bond donors (Lipinski definition) is 2. The molecule has 3 rings (SSSR count). The van der Waals surface area contributed by atoms with Crippen LogP contribution in [0.3, 0.4) is 0 Å². The number of hydrogen-bond acceptors (Lipinski definition) is 3. The number of carbonyl (C=O) groups excluding carboxylic acids is 1. The first-order valence-electron chi connectivity index (χ1n) is 6.22. The third-order valence-corrected chi connectivity index (χ3v) is 3.58. The van der Waals surface area contributed by atoms with Crippen molar-refractivity contribution in [1.82, 2.24) is 15.1 Å². The number of aromatic nitrogens is 2. The monoisotopic (exact) mass is 280 g/mol. The van der Waals surface area contributed by atoms with E-state index < -0.39 is 0 Å². The average molecular weight is 281 g/mol. The van der Waals surface area contributed by atoms with Gasteiger partial charge < -0.3 is 10.6 Å². The molecule has 0 spiro atoms. The molecule has 0 radical (unpaired) electrons. The number of nitrogens with zero attached hydrogens (tertiary/aromatic N) is 2. The number of amides is 1. The minimum absolute atomic E-state index is 0. The molecule has 0 bridgehead atoms. The SMILES string of the molecule is Cl.NCC1CCN(C(=O)c2n[nH]c3ccccc23)C1. The Labute approximate surface area is 117 Å². The van der Waals surface area contributed by atoms with Crippen LogP contribution in [0, 0.1) is 5.92 Å². The summed E-state index contributed by atoms with van der Waals surface area (Å²) in [6, 6.07) is 7.69. The highest BCUT2D eigenvalue weighted by molar-refractivity contribution is 6.04. The van der Waals surface area contributed by atoms with Crippen LogP contribution in [0.2, 0.25) is 0 Å². The highest BCUT2D eigenvalue weighted by Gasteiger charge is 2.28. The number of rotatable bonds is 2. The molecule has 1 fully saturated rings. The maximum Gasteiger partial charge on any atom is 0.275 e. The summed E-state index contributed by atoms with van der Waals surface area (Å²) in [5, 5.41) is 7.93. The number of aromatic amines is 1. The van der Waals surface area contributed by atoms with Crippen molar-refractivity contribution in [3.8, 4) is 0 Å². The Balaban J connectivity index is 0.00000133. The molecule has 1 unspecified atom stereocenters. The molecule has 0 aliphatic carbocycles. The molecule has 1 amide bonds. The Kier molecular flexibility index (Phi) is 4.07. The summed E-state index contributed by atoms with van der Waals surface area (Å²) in [7, 11) is 0. The van der Waals surface area contributed by atoms with E-state index in [9.17, 15) is 4.79 Å². The Morgan fingerprint density at radius 1 is 1.47 bits per heavy atom. The number of fused-ring (bicyclic) bond motifs is 1. The van der Waals surface area contributed by atoms with Crippen molar-refractivity contribution >= 4 is 29.2 Å². The predicted molar refractivity (Wildman–Crippen MR) is 76.4 cm³/mol. The molecule has 102 valence electrons. The van der Waals surface area contributed by atoms with Gasteiger partial charge in [0.05, 0.1) is 5.52 Å². The van der Waals surface area contributed by atoms with Crippen molar-refractivity contribution in [2.45, 2.75) is 6.42 Å². The Bertz CT molecular complexity index is 583. The van der Waals surface area contributed by atoms with Gasteiger partial charge in [-0.2, -0.15) is 5.10 Å². The van der Waals surface area contributed by atoms with Gasteiger partial charge in [0.15, 0.2) is 5.69 Å². The van der Waals surface area contributed by atoms with Crippen molar-refractivity contribution < 1.29 is 4.79 Å². The summed E-state index contributed by atoms with van der Waals surface area (Å²) in [6.45, 7) is 2.17. The van der Waals surface area contributed by atoms with Crippen molar-refractivity contribution in [3.05, 3.63) is 30.0 Å². The van der Waals surface area contributed by atoms with Gasteiger partial charge in [-0.05, 0) is 24.9 Å². The van der Waals surface area contributed by atoms with Crippen LogP contribution in [0.25, 0.3) is 10.9 Å². The van der Waals surface area contributed by atoms with Crippen molar-refractivity contribution in [2.75, 3.05) is 19.6 Å². The molecule has 1 aromatic heterocycles. The largest absolute Gasteiger partial charge is 0.337 e. The molecule has 19 heavy (non-hydrogen) atoms. The van der Waals surface area contributed by atoms with E-state index in [2.05, 4.69) is 10.2 Å². The number of carbonyl (C=O) groups is 1. The van der Waals surface area contributed by atoms with Crippen molar-refractivity contribution in [2.24, 2.45) is 11.7 Å². The van der Waals surface area contributed by atoms with E-state index in [4.69, 9.17) is 5.73 Å². The van der Waals surface area contributed by atoms with Gasteiger partial charge >= 0.3 is 0 Å². The lowest BCUT2D eigenvalue weighted by Gasteiger charge is -2.14. The van der Waals surface area contributed by atoms with Crippen molar-refractivity contribution in [1.29, 1.82) is 0 Å². The van der Waals surface area contributed by atoms with Gasteiger partial charge in [-0.15, -0.1) is 12.4 Å². The minimum atomic E-state index is 0. The molecule has 5 nitrogen and oxygen atoms in total. The molecule has 0 saturated carbocycles. The lowest BCUT2D eigenvalue weighted by atomic mass is 10.1. The molecule has 2 aromatic rings. The standard InChI is InChI=1S/C13H16N4O.ClH/c14-7-9-5-6-17(8-9)13(18)12-10-3-1-2-4-11(10)15-16-12;/h1-4,9H,5-8,14H2,(H,15,16);1H. The predicted octanol–water partition coefficient (Wildman–Crippen LogP) is 1.41. The summed E-state index contributed by atoms with van der Waals surface area (Å²) in [4.78, 5) is 14.2. The maximum absolute atomic E-state index is 12.4. The zero-order chi connectivity index (χ0) is 12.5. The Morgan fingerprint density at radius 2 is 2.26 bits per heavy atom. The van der Waals surface area contributed by atoms with Crippen LogP contribution in [0.15, 0.2) is 24.3 Å². The molecule has 1 atom stereocenters. The number of benzene rings is 1. The third kappa shape index (κ3) is 2.43. The first-order chi connectivity index (χ1) is 8.79. The van der Waals surface area contributed by atoms with E-state index in [0.717, 1.165) is 30.4 Å². The van der Waals surface area contributed by atoms with Crippen LogP contribution in [-0.2, 0) is 0 Å². The lowest BCUT2D eigenvalue weighted by Crippen LogP contribution is -2.30. The zero-order valence-electron chi connectivity index (χ0n) is 10.5. The fraction of sp³-hybridized carbons (Fsp3) is 0.385. The highest BCUT2D eigenvalue weighted by atomic mass is 35.5. The highest BCUT2D eigenvalue weighted by Crippen LogP contribution is 2.21. The second-order valence-corrected chi connectivity index (χ2v) is 4.76. The maximum atomic E-state index is 12.4. The molecule has 1 saturated heterocycles. The summed E-state index contributed by atoms with van der Waals surface area (Å²) in [6.07, 6.45) is 0.991. The Hall–Kier alpha value is -1.59. The quantitative estimate of drug-likeness (QED) is 0.873. The van der Waals surface area contributed by atoms with E-state index in [0.29, 0.717) is 18.2 Å². The molecule has 1 aliphatic rings. The summed E-state index contributed by atoms with van der Waals surface area (Å²) in [5.74, 6) is 0.433. The van der Waals surface area contributed by atoms with Gasteiger partial charge in [0.1, 0.15) is 0 Å². The second-order valence-electron chi connectivity index (χ2n) is 4.76. The number of H-pyrrole nitrogens is 1. The van der Waals surface area contributed by atoms with E-state index in [1.54, 1.807) is 0 Å². The molecule has 6 heteroatoms. The topological polar surface area (TPSA) is 75.0 Å². The fourth-order valence-electron chi connectivity index (χ4n) is 2.49. The average Bonchev–Trinajstić information content (AvgIpc) is 3.04. The molecular formula is C13H17ClN4O. The van der Waals surface area contributed by atoms with E-state index in [1.807, 2.05) is 29.2 Å². The Morgan fingerprint density at radius 3 is 3.00 bits per heavy atom. The smallest absolute Gasteiger partial charge is 0.275 e. The van der Waals surface area contributed by atoms with Crippen LogP contribution < -0.4 is 5.73 Å². The van der Waals surface area contributed by atoms with Gasteiger partial charge in [0, 0.05) is 18.5 Å². The van der Waals surface area contributed by atoms with E-state index in [-0.39, 0.29) is 18.3 Å². The molecular weight excluding hydrogens is 264 g/mol. The molecule has 1 aliphatic heterocycles. The summed E-state index contributed by atoms with van der Waals surface area (Å²) < 4.78 is 0. The number of likely N-dealkylation sites (tertiary alicyclic amines) is 1. The molecule has 2 heterocycles. The van der Waals surface area contributed by atoms with Crippen LogP contribution in [0.4, 0.5) is 0 Å². The fourth-order valence-corrected chi connectivity index (χ4v) is 2.49. The van der Waals surface area contributed by atoms with Gasteiger partial charge in [-0.1, -0.05) is 18.2 Å². The third-order valence-electron chi connectivity index (χ3n) is 3.58. The first kappa shape index (κ1) is 13.8. The number of halogens is 1. The van der Waals surface area contributed by atoms with Gasteiger partial charge in [0.2, 0.25) is 0 Å². The minimum Gasteiger partial charge on any atom is -0.337 e. The van der Waals surface area contributed by atoms with Crippen LogP contribution >= 0.6 is 12.4 Å². The van der Waals surface area contributed by atoms with Crippen LogP contribution in [0.1, 0.15) is 16.9 Å². The summed E-state index contributed by atoms with van der Waals surface area (Å²) >= 11 is 0. The van der Waals surface area contributed by atoms with E-state index >= 15 is 0 Å². The number of nitrogens with one attached hydrogen (secondary N) is 1. The normalized spacial score (nSPS) is 18.6. The van der Waals surface area contributed by atoms with Gasteiger partial charge in [-0.3, -0.25) is 9.89 Å². The van der Waals surface area contributed by atoms with Gasteiger partial charge in [-0.25, -0.2) is 0 Å². The van der Waals surface area contributed by atoms with Gasteiger partial charge in [0.25, 0.3) is 5.91 Å². The number of nitrogens with two attached hydrogens (primary N) is 1.